The smallest absolute Gasteiger partial charge is 0.168 e. The van der Waals surface area contributed by atoms with Crippen molar-refractivity contribution in [2.75, 3.05) is 11.2 Å². The minimum Gasteiger partial charge on any atom is -0.384 e. The van der Waals surface area contributed by atoms with Crippen molar-refractivity contribution in [3.63, 3.8) is 0 Å². The molecule has 1 aromatic carbocycles. The van der Waals surface area contributed by atoms with Crippen LogP contribution >= 0.6 is 0 Å². The SMILES string of the molecule is Nc1ccc(C=NNc2ncnc3c2cnn3-c2ccccc2)cn1. The van der Waals surface area contributed by atoms with Crippen molar-refractivity contribution in [3.05, 3.63) is 66.7 Å². The van der Waals surface area contributed by atoms with Crippen LogP contribution in [0.15, 0.2) is 66.3 Å². The second-order valence-corrected chi connectivity index (χ2v) is 5.24. The van der Waals surface area contributed by atoms with E-state index in [1.54, 1.807) is 29.4 Å². The van der Waals surface area contributed by atoms with E-state index >= 15 is 0 Å². The molecule has 0 saturated carbocycles. The molecule has 4 rings (SSSR count). The number of hydrogen-bond donors (Lipinski definition) is 2. The summed E-state index contributed by atoms with van der Waals surface area (Å²) in [6.07, 6.45) is 6.47. The Bertz CT molecular complexity index is 1020. The molecule has 8 heteroatoms. The molecule has 0 aliphatic carbocycles. The summed E-state index contributed by atoms with van der Waals surface area (Å²) in [5.74, 6) is 1.04. The van der Waals surface area contributed by atoms with Gasteiger partial charge >= 0.3 is 0 Å². The van der Waals surface area contributed by atoms with Crippen molar-refractivity contribution in [3.8, 4) is 5.69 Å². The lowest BCUT2D eigenvalue weighted by Gasteiger charge is -2.03. The first-order valence-corrected chi connectivity index (χ1v) is 7.56. The van der Waals surface area contributed by atoms with E-state index in [-0.39, 0.29) is 0 Å². The maximum Gasteiger partial charge on any atom is 0.168 e. The van der Waals surface area contributed by atoms with Crippen molar-refractivity contribution >= 4 is 28.9 Å². The number of nitrogen functional groups attached to an aromatic ring is 1. The molecular weight excluding hydrogens is 316 g/mol. The first kappa shape index (κ1) is 14.8. The molecule has 0 radical (unpaired) electrons. The summed E-state index contributed by atoms with van der Waals surface area (Å²) in [7, 11) is 0. The summed E-state index contributed by atoms with van der Waals surface area (Å²) < 4.78 is 1.76. The van der Waals surface area contributed by atoms with Crippen LogP contribution in [-0.4, -0.2) is 30.9 Å². The van der Waals surface area contributed by atoms with Gasteiger partial charge < -0.3 is 5.73 Å². The van der Waals surface area contributed by atoms with Crippen molar-refractivity contribution in [2.24, 2.45) is 5.10 Å². The van der Waals surface area contributed by atoms with Gasteiger partial charge in [-0.25, -0.2) is 19.6 Å². The van der Waals surface area contributed by atoms with Gasteiger partial charge in [0.1, 0.15) is 12.1 Å². The third-order valence-electron chi connectivity index (χ3n) is 3.56. The van der Waals surface area contributed by atoms with Crippen LogP contribution in [0.5, 0.6) is 0 Å². The van der Waals surface area contributed by atoms with Crippen LogP contribution in [0.1, 0.15) is 5.56 Å². The zero-order valence-electron chi connectivity index (χ0n) is 13.1. The third kappa shape index (κ3) is 3.00. The van der Waals surface area contributed by atoms with Crippen LogP contribution in [0.25, 0.3) is 16.7 Å². The van der Waals surface area contributed by atoms with Crippen LogP contribution in [-0.2, 0) is 0 Å². The van der Waals surface area contributed by atoms with E-state index in [2.05, 4.69) is 30.6 Å². The second-order valence-electron chi connectivity index (χ2n) is 5.24. The Labute approximate surface area is 143 Å². The van der Waals surface area contributed by atoms with Gasteiger partial charge in [0.15, 0.2) is 11.5 Å². The van der Waals surface area contributed by atoms with E-state index in [1.165, 1.54) is 6.33 Å². The molecule has 0 saturated heterocycles. The van der Waals surface area contributed by atoms with Gasteiger partial charge in [0.2, 0.25) is 0 Å². The van der Waals surface area contributed by atoms with E-state index in [1.807, 2.05) is 36.4 Å². The first-order chi connectivity index (χ1) is 12.3. The minimum absolute atomic E-state index is 0.468. The lowest BCUT2D eigenvalue weighted by molar-refractivity contribution is 0.895. The quantitative estimate of drug-likeness (QED) is 0.439. The number of hydrogen-bond acceptors (Lipinski definition) is 7. The normalized spacial score (nSPS) is 11.2. The molecule has 3 aromatic heterocycles. The molecule has 0 unspecified atom stereocenters. The molecule has 3 heterocycles. The fraction of sp³-hybridized carbons (Fsp3) is 0. The molecule has 8 nitrogen and oxygen atoms in total. The Balaban J connectivity index is 1.62. The number of nitrogens with two attached hydrogens (primary N) is 1. The van der Waals surface area contributed by atoms with Gasteiger partial charge in [-0.05, 0) is 24.3 Å². The number of anilines is 2. The number of rotatable bonds is 4. The van der Waals surface area contributed by atoms with E-state index in [9.17, 15) is 0 Å². The van der Waals surface area contributed by atoms with Gasteiger partial charge in [0.05, 0.1) is 23.5 Å². The summed E-state index contributed by atoms with van der Waals surface area (Å²) in [6, 6.07) is 13.3. The predicted molar refractivity (Wildman–Crippen MR) is 96.5 cm³/mol. The van der Waals surface area contributed by atoms with Gasteiger partial charge in [-0.1, -0.05) is 18.2 Å². The van der Waals surface area contributed by atoms with Gasteiger partial charge in [0, 0.05) is 11.8 Å². The van der Waals surface area contributed by atoms with Gasteiger partial charge in [-0.3, -0.25) is 5.43 Å². The van der Waals surface area contributed by atoms with Crippen LogP contribution in [0.4, 0.5) is 11.6 Å². The Morgan fingerprint density at radius 2 is 1.88 bits per heavy atom. The predicted octanol–water partition coefficient (Wildman–Crippen LogP) is 2.24. The van der Waals surface area contributed by atoms with Gasteiger partial charge in [0.25, 0.3) is 0 Å². The lowest BCUT2D eigenvalue weighted by atomic mass is 10.3. The third-order valence-corrected chi connectivity index (χ3v) is 3.56. The summed E-state index contributed by atoms with van der Waals surface area (Å²) >= 11 is 0. The number of fused-ring (bicyclic) bond motifs is 1. The molecule has 25 heavy (non-hydrogen) atoms. The molecule has 0 atom stereocenters. The molecule has 0 amide bonds. The van der Waals surface area contributed by atoms with E-state index in [0.717, 1.165) is 16.6 Å². The summed E-state index contributed by atoms with van der Waals surface area (Å²) in [6.45, 7) is 0. The summed E-state index contributed by atoms with van der Waals surface area (Å²) in [4.78, 5) is 12.6. The number of benzene rings is 1. The Kier molecular flexibility index (Phi) is 3.76. The van der Waals surface area contributed by atoms with E-state index in [0.29, 0.717) is 17.3 Å². The molecule has 0 aliphatic heterocycles. The summed E-state index contributed by atoms with van der Waals surface area (Å²) in [5, 5.41) is 9.37. The van der Waals surface area contributed by atoms with Gasteiger partial charge in [-0.15, -0.1) is 0 Å². The zero-order chi connectivity index (χ0) is 17.1. The summed E-state index contributed by atoms with van der Waals surface area (Å²) in [5.41, 5.74) is 10.9. The van der Waals surface area contributed by atoms with Gasteiger partial charge in [-0.2, -0.15) is 10.2 Å². The second kappa shape index (κ2) is 6.36. The monoisotopic (exact) mass is 330 g/mol. The van der Waals surface area contributed by atoms with Crippen molar-refractivity contribution in [1.29, 1.82) is 0 Å². The highest BCUT2D eigenvalue weighted by molar-refractivity contribution is 5.88. The highest BCUT2D eigenvalue weighted by Gasteiger charge is 2.10. The molecule has 0 aliphatic rings. The van der Waals surface area contributed by atoms with Crippen LogP contribution in [0.2, 0.25) is 0 Å². The number of pyridine rings is 1. The highest BCUT2D eigenvalue weighted by Crippen LogP contribution is 2.21. The molecule has 0 fully saturated rings. The Hall–Kier alpha value is -3.81. The maximum absolute atomic E-state index is 5.56. The van der Waals surface area contributed by atoms with E-state index in [4.69, 9.17) is 5.73 Å². The van der Waals surface area contributed by atoms with Crippen LogP contribution in [0, 0.1) is 0 Å². The number of aromatic nitrogens is 5. The van der Waals surface area contributed by atoms with Crippen LogP contribution < -0.4 is 11.2 Å². The maximum atomic E-state index is 5.56. The average molecular weight is 330 g/mol. The van der Waals surface area contributed by atoms with E-state index < -0.39 is 0 Å². The molecule has 3 N–H and O–H groups in total. The molecular formula is C17H14N8. The number of nitrogens with one attached hydrogen (secondary N) is 1. The standard InChI is InChI=1S/C17H14N8/c18-15-7-6-12(8-19-15)9-22-24-16-14-10-23-25(17(14)21-11-20-16)13-4-2-1-3-5-13/h1-11H,(H2,18,19)(H,20,21,24). The van der Waals surface area contributed by atoms with Crippen molar-refractivity contribution in [1.82, 2.24) is 24.7 Å². The number of para-hydroxylation sites is 1. The van der Waals surface area contributed by atoms with Crippen LogP contribution in [0.3, 0.4) is 0 Å². The average Bonchev–Trinajstić information content (AvgIpc) is 3.09. The molecule has 4 aromatic rings. The topological polar surface area (TPSA) is 107 Å². The lowest BCUT2D eigenvalue weighted by Crippen LogP contribution is -1.99. The molecule has 122 valence electrons. The fourth-order valence-corrected chi connectivity index (χ4v) is 2.35. The number of nitrogens with zero attached hydrogens (tertiary/aromatic N) is 6. The Morgan fingerprint density at radius 1 is 1.00 bits per heavy atom. The Morgan fingerprint density at radius 3 is 2.68 bits per heavy atom. The fourth-order valence-electron chi connectivity index (χ4n) is 2.35. The highest BCUT2D eigenvalue weighted by atomic mass is 15.3. The van der Waals surface area contributed by atoms with Crippen molar-refractivity contribution < 1.29 is 0 Å². The number of hydrazone groups is 1. The minimum atomic E-state index is 0.468. The largest absolute Gasteiger partial charge is 0.384 e. The molecule has 0 spiro atoms. The zero-order valence-corrected chi connectivity index (χ0v) is 13.1. The first-order valence-electron chi connectivity index (χ1n) is 7.56. The van der Waals surface area contributed by atoms with Crippen molar-refractivity contribution in [2.45, 2.75) is 0 Å². The molecule has 0 bridgehead atoms.